The lowest BCUT2D eigenvalue weighted by Gasteiger charge is -2.30. The average molecular weight is 458 g/mol. The van der Waals surface area contributed by atoms with Crippen molar-refractivity contribution in [2.24, 2.45) is 0 Å². The molecule has 0 aromatic heterocycles. The van der Waals surface area contributed by atoms with E-state index in [1.54, 1.807) is 13.2 Å². The minimum Gasteiger partial charge on any atom is -0.497 e. The highest BCUT2D eigenvalue weighted by Crippen LogP contribution is 2.24. The van der Waals surface area contributed by atoms with Gasteiger partial charge in [0.1, 0.15) is 5.75 Å². The van der Waals surface area contributed by atoms with Gasteiger partial charge in [-0.15, -0.1) is 0 Å². The van der Waals surface area contributed by atoms with E-state index in [0.29, 0.717) is 22.0 Å². The molecule has 6 heteroatoms. The van der Waals surface area contributed by atoms with Crippen LogP contribution < -0.4 is 10.1 Å². The molecule has 1 rings (SSSR count). The Morgan fingerprint density at radius 3 is 2.47 bits per heavy atom. The molecule has 0 atom stereocenters. The summed E-state index contributed by atoms with van der Waals surface area (Å²) in [6.07, 6.45) is 0.830. The van der Waals surface area contributed by atoms with E-state index in [1.807, 2.05) is 19.1 Å². The van der Waals surface area contributed by atoms with Gasteiger partial charge >= 0.3 is 0 Å². The Hall–Kier alpha value is -0.0700. The number of hydrogen-bond acceptors (Lipinski definition) is 2. The summed E-state index contributed by atoms with van der Waals surface area (Å²) >= 11 is 10.3. The van der Waals surface area contributed by atoms with Crippen molar-refractivity contribution in [1.29, 1.82) is 0 Å². The second-order valence-electron chi connectivity index (χ2n) is 4.20. The third-order valence-electron chi connectivity index (χ3n) is 2.99. The SMILES string of the molecule is CCC(CBr)(CBr)NC(=O)c1cc(OC)ccc1Br. The number of nitrogens with one attached hydrogen (secondary N) is 1. The number of halogens is 3. The van der Waals surface area contributed by atoms with Crippen molar-refractivity contribution in [3.8, 4) is 5.75 Å². The molecule has 19 heavy (non-hydrogen) atoms. The second kappa shape index (κ2) is 7.64. The summed E-state index contributed by atoms with van der Waals surface area (Å²) in [5, 5.41) is 4.45. The minimum atomic E-state index is -0.292. The summed E-state index contributed by atoms with van der Waals surface area (Å²) in [7, 11) is 1.58. The van der Waals surface area contributed by atoms with Crippen LogP contribution in [-0.2, 0) is 0 Å². The number of rotatable bonds is 6. The molecule has 0 saturated heterocycles. The fourth-order valence-electron chi connectivity index (χ4n) is 1.49. The van der Waals surface area contributed by atoms with Crippen molar-refractivity contribution in [3.05, 3.63) is 28.2 Å². The Morgan fingerprint density at radius 2 is 2.00 bits per heavy atom. The monoisotopic (exact) mass is 455 g/mol. The topological polar surface area (TPSA) is 38.3 Å². The molecule has 0 spiro atoms. The molecule has 0 saturated carbocycles. The molecule has 3 nitrogen and oxygen atoms in total. The highest BCUT2D eigenvalue weighted by molar-refractivity contribution is 9.10. The summed E-state index contributed by atoms with van der Waals surface area (Å²) in [6, 6.07) is 5.34. The molecule has 106 valence electrons. The first-order valence-electron chi connectivity index (χ1n) is 5.80. The molecule has 0 fully saturated rings. The lowest BCUT2D eigenvalue weighted by atomic mass is 10.0. The maximum atomic E-state index is 12.4. The van der Waals surface area contributed by atoms with Gasteiger partial charge in [-0.05, 0) is 40.5 Å². The number of methoxy groups -OCH3 is 1. The molecule has 0 bridgehead atoms. The molecule has 1 aromatic carbocycles. The molecular weight excluding hydrogens is 442 g/mol. The molecule has 1 aromatic rings. The zero-order valence-electron chi connectivity index (χ0n) is 10.8. The van der Waals surface area contributed by atoms with E-state index >= 15 is 0 Å². The van der Waals surface area contributed by atoms with E-state index in [0.717, 1.165) is 10.9 Å². The number of carbonyl (C=O) groups excluding carboxylic acids is 1. The van der Waals surface area contributed by atoms with Gasteiger partial charge in [-0.3, -0.25) is 4.79 Å². The van der Waals surface area contributed by atoms with Crippen LogP contribution in [0.5, 0.6) is 5.75 Å². The van der Waals surface area contributed by atoms with Crippen LogP contribution >= 0.6 is 47.8 Å². The smallest absolute Gasteiger partial charge is 0.253 e. The second-order valence-corrected chi connectivity index (χ2v) is 6.18. The number of amides is 1. The van der Waals surface area contributed by atoms with E-state index in [-0.39, 0.29) is 11.4 Å². The quantitative estimate of drug-likeness (QED) is 0.652. The van der Waals surface area contributed by atoms with Gasteiger partial charge in [-0.25, -0.2) is 0 Å². The maximum Gasteiger partial charge on any atom is 0.253 e. The fraction of sp³-hybridized carbons (Fsp3) is 0.462. The number of benzene rings is 1. The van der Waals surface area contributed by atoms with Crippen molar-refractivity contribution in [1.82, 2.24) is 5.32 Å². The highest BCUT2D eigenvalue weighted by atomic mass is 79.9. The summed E-state index contributed by atoms with van der Waals surface area (Å²) in [5.74, 6) is 0.541. The highest BCUT2D eigenvalue weighted by Gasteiger charge is 2.28. The Balaban J connectivity index is 3.00. The first-order chi connectivity index (χ1) is 9.01. The van der Waals surface area contributed by atoms with Crippen LogP contribution in [0.4, 0.5) is 0 Å². The largest absolute Gasteiger partial charge is 0.497 e. The number of carbonyl (C=O) groups is 1. The normalized spacial score (nSPS) is 11.2. The van der Waals surface area contributed by atoms with Gasteiger partial charge in [-0.1, -0.05) is 38.8 Å². The first kappa shape index (κ1) is 17.0. The van der Waals surface area contributed by atoms with Crippen LogP contribution in [0, 0.1) is 0 Å². The van der Waals surface area contributed by atoms with E-state index in [4.69, 9.17) is 4.74 Å². The van der Waals surface area contributed by atoms with Gasteiger partial charge in [0.2, 0.25) is 0 Å². The molecule has 1 N–H and O–H groups in total. The van der Waals surface area contributed by atoms with E-state index in [9.17, 15) is 4.79 Å². The van der Waals surface area contributed by atoms with Crippen molar-refractivity contribution < 1.29 is 9.53 Å². The number of hydrogen-bond donors (Lipinski definition) is 1. The number of ether oxygens (including phenoxy) is 1. The lowest BCUT2D eigenvalue weighted by Crippen LogP contribution is -2.51. The molecule has 1 amide bonds. The summed E-state index contributed by atoms with van der Waals surface area (Å²) in [4.78, 5) is 12.4. The molecular formula is C13H16Br3NO2. The van der Waals surface area contributed by atoms with Gasteiger partial charge in [0.05, 0.1) is 18.2 Å². The van der Waals surface area contributed by atoms with Crippen LogP contribution in [0.1, 0.15) is 23.7 Å². The van der Waals surface area contributed by atoms with E-state index in [2.05, 4.69) is 53.1 Å². The molecule has 0 radical (unpaired) electrons. The Morgan fingerprint density at radius 1 is 1.37 bits per heavy atom. The molecule has 0 aliphatic rings. The van der Waals surface area contributed by atoms with Gasteiger partial charge < -0.3 is 10.1 Å². The third-order valence-corrected chi connectivity index (χ3v) is 5.82. The van der Waals surface area contributed by atoms with Crippen LogP contribution in [0.25, 0.3) is 0 Å². The van der Waals surface area contributed by atoms with Gasteiger partial charge in [0, 0.05) is 15.1 Å². The first-order valence-corrected chi connectivity index (χ1v) is 8.83. The Labute approximate surface area is 138 Å². The van der Waals surface area contributed by atoms with Gasteiger partial charge in [0.15, 0.2) is 0 Å². The third kappa shape index (κ3) is 4.20. The van der Waals surface area contributed by atoms with E-state index < -0.39 is 0 Å². The van der Waals surface area contributed by atoms with Crippen LogP contribution in [-0.4, -0.2) is 29.2 Å². The Bertz CT molecular complexity index is 439. The summed E-state index contributed by atoms with van der Waals surface area (Å²) in [6.45, 7) is 2.05. The van der Waals surface area contributed by atoms with Crippen molar-refractivity contribution in [2.45, 2.75) is 18.9 Å². The zero-order valence-corrected chi connectivity index (χ0v) is 15.6. The lowest BCUT2D eigenvalue weighted by molar-refractivity contribution is 0.0914. The molecule has 0 unspecified atom stereocenters. The maximum absolute atomic E-state index is 12.4. The summed E-state index contributed by atoms with van der Waals surface area (Å²) < 4.78 is 5.90. The van der Waals surface area contributed by atoms with Gasteiger partial charge in [0.25, 0.3) is 5.91 Å². The average Bonchev–Trinajstić information content (AvgIpc) is 2.45. The van der Waals surface area contributed by atoms with Crippen molar-refractivity contribution in [3.63, 3.8) is 0 Å². The minimum absolute atomic E-state index is 0.119. The predicted molar refractivity (Wildman–Crippen MR) is 88.8 cm³/mol. The molecule has 0 heterocycles. The molecule has 0 aliphatic carbocycles. The summed E-state index contributed by atoms with van der Waals surface area (Å²) in [5.41, 5.74) is 0.277. The van der Waals surface area contributed by atoms with Crippen molar-refractivity contribution in [2.75, 3.05) is 17.8 Å². The van der Waals surface area contributed by atoms with Crippen LogP contribution in [0.3, 0.4) is 0 Å². The molecule has 0 aliphatic heterocycles. The zero-order chi connectivity index (χ0) is 14.5. The number of alkyl halides is 2. The van der Waals surface area contributed by atoms with E-state index in [1.165, 1.54) is 0 Å². The standard InChI is InChI=1S/C13H16Br3NO2/c1-3-13(7-14,8-15)17-12(18)10-6-9(19-2)4-5-11(10)16/h4-6H,3,7-8H2,1-2H3,(H,17,18). The Kier molecular flexibility index (Phi) is 6.83. The van der Waals surface area contributed by atoms with Crippen LogP contribution in [0.15, 0.2) is 22.7 Å². The van der Waals surface area contributed by atoms with Crippen molar-refractivity contribution >= 4 is 53.7 Å². The predicted octanol–water partition coefficient (Wildman–Crippen LogP) is 4.13. The van der Waals surface area contributed by atoms with Gasteiger partial charge in [-0.2, -0.15) is 0 Å². The fourth-order valence-corrected chi connectivity index (χ4v) is 3.92. The van der Waals surface area contributed by atoms with Crippen LogP contribution in [0.2, 0.25) is 0 Å².